The van der Waals surface area contributed by atoms with Crippen LogP contribution in [0.3, 0.4) is 0 Å². The molecule has 0 radical (unpaired) electrons. The Labute approximate surface area is 176 Å². The third kappa shape index (κ3) is 10.5. The maximum absolute atomic E-state index is 12.4. The van der Waals surface area contributed by atoms with Crippen molar-refractivity contribution in [2.75, 3.05) is 6.61 Å². The maximum atomic E-state index is 12.4. The van der Waals surface area contributed by atoms with Crippen LogP contribution in [-0.2, 0) is 23.9 Å². The van der Waals surface area contributed by atoms with Crippen LogP contribution >= 0.6 is 0 Å². The predicted octanol–water partition coefficient (Wildman–Crippen LogP) is -1.87. The van der Waals surface area contributed by atoms with E-state index in [0.717, 1.165) is 0 Å². The van der Waals surface area contributed by atoms with E-state index in [1.165, 1.54) is 0 Å². The van der Waals surface area contributed by atoms with Gasteiger partial charge in [0.15, 0.2) is 0 Å². The predicted molar refractivity (Wildman–Crippen MR) is 90.0 cm³/mol. The Balaban J connectivity index is 0. The second kappa shape index (κ2) is 15.8. The minimum atomic E-state index is -1.69. The zero-order chi connectivity index (χ0) is 19.2. The topological polar surface area (TPSA) is 104 Å². The molecule has 0 aliphatic heterocycles. The Kier molecular flexibility index (Phi) is 16.3. The summed E-state index contributed by atoms with van der Waals surface area (Å²) < 4.78 is 4.72. The van der Waals surface area contributed by atoms with Gasteiger partial charge in [-0.15, -0.1) is 0 Å². The van der Waals surface area contributed by atoms with E-state index in [9.17, 15) is 24.3 Å². The molecule has 0 rings (SSSR count). The molecule has 0 saturated carbocycles. The van der Waals surface area contributed by atoms with Gasteiger partial charge in [0.2, 0.25) is 11.8 Å². The summed E-state index contributed by atoms with van der Waals surface area (Å²) in [7, 11) is 0. The van der Waals surface area contributed by atoms with Gasteiger partial charge in [0.05, 0.1) is 25.0 Å². The molecule has 0 aromatic rings. The minimum Gasteiger partial charge on any atom is -0.548 e. The van der Waals surface area contributed by atoms with Gasteiger partial charge in [-0.1, -0.05) is 38.2 Å². The van der Waals surface area contributed by atoms with E-state index in [0.29, 0.717) is 17.7 Å². The number of carbonyl (C=O) groups is 4. The zero-order valence-corrected chi connectivity index (χ0v) is 18.0. The standard InChI is InChI=1S/C18H27NO6.Na/c1-4-7-9-11-15(20)19(16(21)12-10-8-5-2)14(18(23)24)13-17(22)25-6-3;/h7-10,14H,4-6,11-13H2,1-3H3,(H,23,24);/q;+1/p-1/b9-7+,10-8+;. The van der Waals surface area contributed by atoms with Crippen LogP contribution in [0.15, 0.2) is 24.3 Å². The molecule has 7 nitrogen and oxygen atoms in total. The van der Waals surface area contributed by atoms with Gasteiger partial charge in [0, 0.05) is 12.8 Å². The van der Waals surface area contributed by atoms with Gasteiger partial charge < -0.3 is 14.6 Å². The van der Waals surface area contributed by atoms with E-state index in [1.807, 2.05) is 13.8 Å². The summed E-state index contributed by atoms with van der Waals surface area (Å²) in [6.45, 7) is 5.40. The molecular weight excluding hydrogens is 349 g/mol. The molecule has 2 amide bonds. The molecule has 0 spiro atoms. The van der Waals surface area contributed by atoms with Crippen LogP contribution in [0.2, 0.25) is 0 Å². The number of imide groups is 1. The van der Waals surface area contributed by atoms with Crippen LogP contribution in [0.5, 0.6) is 0 Å². The van der Waals surface area contributed by atoms with Crippen molar-refractivity contribution in [1.29, 1.82) is 0 Å². The van der Waals surface area contributed by atoms with Crippen LogP contribution < -0.4 is 34.7 Å². The number of allylic oxidation sites excluding steroid dienone is 2. The summed E-state index contributed by atoms with van der Waals surface area (Å²) in [6.07, 6.45) is 7.08. The molecule has 140 valence electrons. The van der Waals surface area contributed by atoms with Crippen molar-refractivity contribution in [1.82, 2.24) is 4.90 Å². The van der Waals surface area contributed by atoms with Crippen LogP contribution in [-0.4, -0.2) is 41.3 Å². The van der Waals surface area contributed by atoms with E-state index < -0.39 is 36.2 Å². The fourth-order valence-corrected chi connectivity index (χ4v) is 2.04. The molecule has 8 heteroatoms. The number of carboxylic acids is 1. The fraction of sp³-hybridized carbons (Fsp3) is 0.556. The minimum absolute atomic E-state index is 0. The van der Waals surface area contributed by atoms with Crippen LogP contribution in [0.4, 0.5) is 0 Å². The molecule has 0 aromatic heterocycles. The molecule has 26 heavy (non-hydrogen) atoms. The smallest absolute Gasteiger partial charge is 0.548 e. The van der Waals surface area contributed by atoms with Gasteiger partial charge in [0.25, 0.3) is 0 Å². The first-order chi connectivity index (χ1) is 11.9. The van der Waals surface area contributed by atoms with Crippen molar-refractivity contribution in [3.8, 4) is 0 Å². The molecule has 0 bridgehead atoms. The first-order valence-corrected chi connectivity index (χ1v) is 8.40. The SMILES string of the molecule is CC/C=C/CC(=O)N(C(=O)C/C=C/CC)C(CC(=O)OCC)C(=O)[O-].[Na+]. The average molecular weight is 375 g/mol. The Hall–Kier alpha value is -1.44. The summed E-state index contributed by atoms with van der Waals surface area (Å²) in [4.78, 5) is 48.4. The van der Waals surface area contributed by atoms with Gasteiger partial charge in [-0.05, 0) is 19.8 Å². The van der Waals surface area contributed by atoms with Crippen LogP contribution in [0.1, 0.15) is 52.9 Å². The number of esters is 1. The number of carboxylic acid groups (broad SMARTS) is 1. The Bertz CT molecular complexity index is 502. The van der Waals surface area contributed by atoms with Crippen LogP contribution in [0.25, 0.3) is 0 Å². The summed E-state index contributed by atoms with van der Waals surface area (Å²) >= 11 is 0. The van der Waals surface area contributed by atoms with Crippen molar-refractivity contribution >= 4 is 23.8 Å². The van der Waals surface area contributed by atoms with Crippen LogP contribution in [0, 0.1) is 0 Å². The molecule has 0 aromatic carbocycles. The monoisotopic (exact) mass is 375 g/mol. The molecule has 1 unspecified atom stereocenters. The molecule has 1 atom stereocenters. The summed E-state index contributed by atoms with van der Waals surface area (Å²) in [5, 5.41) is 11.4. The van der Waals surface area contributed by atoms with E-state index >= 15 is 0 Å². The largest absolute Gasteiger partial charge is 1.00 e. The van der Waals surface area contributed by atoms with Crippen molar-refractivity contribution in [3.05, 3.63) is 24.3 Å². The second-order valence-corrected chi connectivity index (χ2v) is 5.17. The molecule has 0 N–H and O–H groups in total. The molecule has 0 saturated heterocycles. The molecule has 0 fully saturated rings. The number of amides is 2. The number of carbonyl (C=O) groups excluding carboxylic acids is 4. The van der Waals surface area contributed by atoms with Gasteiger partial charge in [-0.25, -0.2) is 0 Å². The van der Waals surface area contributed by atoms with Crippen molar-refractivity contribution in [2.24, 2.45) is 0 Å². The summed E-state index contributed by atoms with van der Waals surface area (Å²) in [6, 6.07) is -1.69. The van der Waals surface area contributed by atoms with Crippen molar-refractivity contribution < 1.29 is 58.6 Å². The Morgan fingerprint density at radius 3 is 1.73 bits per heavy atom. The Morgan fingerprint density at radius 1 is 0.923 bits per heavy atom. The first-order valence-electron chi connectivity index (χ1n) is 8.40. The van der Waals surface area contributed by atoms with E-state index in [4.69, 9.17) is 4.74 Å². The average Bonchev–Trinajstić information content (AvgIpc) is 2.54. The molecule has 0 aliphatic rings. The normalized spacial score (nSPS) is 11.8. The quantitative estimate of drug-likeness (QED) is 0.238. The number of aliphatic carboxylic acids is 1. The first kappa shape index (κ1) is 26.8. The number of ether oxygens (including phenoxy) is 1. The van der Waals surface area contributed by atoms with Gasteiger partial charge in [0.1, 0.15) is 0 Å². The molecular formula is C18H26NNaO6. The van der Waals surface area contributed by atoms with Gasteiger partial charge in [-0.2, -0.15) is 0 Å². The van der Waals surface area contributed by atoms with E-state index in [1.54, 1.807) is 31.2 Å². The number of rotatable bonds is 11. The Morgan fingerprint density at radius 2 is 1.38 bits per heavy atom. The fourth-order valence-electron chi connectivity index (χ4n) is 2.04. The summed E-state index contributed by atoms with van der Waals surface area (Å²) in [5.41, 5.74) is 0. The van der Waals surface area contributed by atoms with Gasteiger partial charge in [-0.3, -0.25) is 19.3 Å². The second-order valence-electron chi connectivity index (χ2n) is 5.17. The van der Waals surface area contributed by atoms with Crippen molar-refractivity contribution in [2.45, 2.75) is 58.9 Å². The van der Waals surface area contributed by atoms with Crippen molar-refractivity contribution in [3.63, 3.8) is 0 Å². The van der Waals surface area contributed by atoms with E-state index in [-0.39, 0.29) is 49.0 Å². The molecule has 0 aliphatic carbocycles. The molecule has 0 heterocycles. The zero-order valence-electron chi connectivity index (χ0n) is 16.0. The third-order valence-corrected chi connectivity index (χ3v) is 3.18. The number of hydrogen-bond donors (Lipinski definition) is 0. The van der Waals surface area contributed by atoms with Gasteiger partial charge >= 0.3 is 35.5 Å². The van der Waals surface area contributed by atoms with E-state index in [2.05, 4.69) is 0 Å². The summed E-state index contributed by atoms with van der Waals surface area (Å²) in [5.74, 6) is -3.87. The third-order valence-electron chi connectivity index (χ3n) is 3.18. The number of hydrogen-bond acceptors (Lipinski definition) is 6. The number of nitrogens with zero attached hydrogens (tertiary/aromatic N) is 1. The maximum Gasteiger partial charge on any atom is 1.00 e.